The van der Waals surface area contributed by atoms with Crippen LogP contribution in [0.4, 0.5) is 18.9 Å². The van der Waals surface area contributed by atoms with Gasteiger partial charge in [0, 0.05) is 5.69 Å². The number of ether oxygens (including phenoxy) is 1. The number of alkyl halides is 3. The summed E-state index contributed by atoms with van der Waals surface area (Å²) in [5.41, 5.74) is 7.65. The van der Waals surface area contributed by atoms with Crippen LogP contribution in [0.1, 0.15) is 37.3 Å². The van der Waals surface area contributed by atoms with Crippen LogP contribution in [-0.2, 0) is 15.7 Å². The van der Waals surface area contributed by atoms with Gasteiger partial charge in [0.2, 0.25) is 0 Å². The van der Waals surface area contributed by atoms with Crippen molar-refractivity contribution in [2.24, 2.45) is 5.92 Å². The summed E-state index contributed by atoms with van der Waals surface area (Å²) in [5.74, 6) is -0.575. The fraction of sp³-hybridized carbons (Fsp3) is 0.350. The van der Waals surface area contributed by atoms with Crippen LogP contribution in [0.3, 0.4) is 0 Å². The van der Waals surface area contributed by atoms with Crippen molar-refractivity contribution in [2.45, 2.75) is 32.4 Å². The molecule has 1 atom stereocenters. The van der Waals surface area contributed by atoms with Gasteiger partial charge in [-0.2, -0.15) is 13.2 Å². The molecule has 140 valence electrons. The topological polar surface area (TPSA) is 52.3 Å². The predicted octanol–water partition coefficient (Wildman–Crippen LogP) is 5.26. The number of hydrogen-bond acceptors (Lipinski definition) is 3. The van der Waals surface area contributed by atoms with E-state index in [9.17, 15) is 18.0 Å². The second kappa shape index (κ2) is 7.81. The molecular formula is C20H22F3NO2. The Hall–Kier alpha value is -2.50. The molecule has 2 aromatic rings. The Morgan fingerprint density at radius 1 is 1.08 bits per heavy atom. The van der Waals surface area contributed by atoms with E-state index in [1.807, 2.05) is 13.8 Å². The van der Waals surface area contributed by atoms with E-state index in [1.54, 1.807) is 18.2 Å². The number of benzene rings is 2. The van der Waals surface area contributed by atoms with Crippen molar-refractivity contribution in [3.63, 3.8) is 0 Å². The van der Waals surface area contributed by atoms with Gasteiger partial charge in [0.05, 0.1) is 18.6 Å². The van der Waals surface area contributed by atoms with E-state index in [2.05, 4.69) is 0 Å². The predicted molar refractivity (Wildman–Crippen MR) is 95.5 cm³/mol. The number of nitrogens with two attached hydrogens (primary N) is 1. The summed E-state index contributed by atoms with van der Waals surface area (Å²) < 4.78 is 43.1. The number of carbonyl (C=O) groups is 1. The second-order valence-electron chi connectivity index (χ2n) is 6.67. The Balaban J connectivity index is 2.44. The first kappa shape index (κ1) is 19.8. The first-order valence-corrected chi connectivity index (χ1v) is 8.27. The Bertz CT molecular complexity index is 768. The third kappa shape index (κ3) is 4.77. The third-order valence-corrected chi connectivity index (χ3v) is 4.12. The summed E-state index contributed by atoms with van der Waals surface area (Å²) in [5, 5.41) is 0. The average molecular weight is 365 g/mol. The number of hydrogen-bond donors (Lipinski definition) is 1. The zero-order valence-electron chi connectivity index (χ0n) is 14.9. The Morgan fingerprint density at radius 2 is 1.69 bits per heavy atom. The highest BCUT2D eigenvalue weighted by atomic mass is 19.4. The summed E-state index contributed by atoms with van der Waals surface area (Å²) in [6.07, 6.45) is -3.80. The van der Waals surface area contributed by atoms with Gasteiger partial charge in [-0.25, -0.2) is 0 Å². The van der Waals surface area contributed by atoms with Gasteiger partial charge in [0.1, 0.15) is 0 Å². The SMILES string of the molecule is COC(=O)C(CC(C)C)c1cc(N)cc(-c2ccc(C(F)(F)F)cc2)c1. The number of carbonyl (C=O) groups excluding carboxylic acids is 1. The quantitative estimate of drug-likeness (QED) is 0.581. The maximum Gasteiger partial charge on any atom is 0.416 e. The first-order chi connectivity index (χ1) is 12.1. The Morgan fingerprint density at radius 3 is 2.19 bits per heavy atom. The highest BCUT2D eigenvalue weighted by Crippen LogP contribution is 2.34. The monoisotopic (exact) mass is 365 g/mol. The van der Waals surface area contributed by atoms with E-state index in [1.165, 1.54) is 19.2 Å². The van der Waals surface area contributed by atoms with Crippen molar-refractivity contribution in [2.75, 3.05) is 12.8 Å². The minimum Gasteiger partial charge on any atom is -0.469 e. The van der Waals surface area contributed by atoms with E-state index in [4.69, 9.17) is 10.5 Å². The van der Waals surface area contributed by atoms with E-state index in [0.717, 1.165) is 12.1 Å². The van der Waals surface area contributed by atoms with Gasteiger partial charge in [-0.3, -0.25) is 4.79 Å². The highest BCUT2D eigenvalue weighted by Gasteiger charge is 2.30. The van der Waals surface area contributed by atoms with Crippen LogP contribution in [0.5, 0.6) is 0 Å². The van der Waals surface area contributed by atoms with Crippen molar-refractivity contribution >= 4 is 11.7 Å². The molecule has 3 nitrogen and oxygen atoms in total. The molecule has 0 saturated heterocycles. The summed E-state index contributed by atoms with van der Waals surface area (Å²) in [4.78, 5) is 12.2. The molecule has 0 aliphatic heterocycles. The average Bonchev–Trinajstić information content (AvgIpc) is 2.57. The lowest BCUT2D eigenvalue weighted by atomic mass is 9.88. The molecule has 0 heterocycles. The molecule has 0 aliphatic carbocycles. The van der Waals surface area contributed by atoms with Crippen LogP contribution in [0.25, 0.3) is 11.1 Å². The second-order valence-corrected chi connectivity index (χ2v) is 6.67. The fourth-order valence-corrected chi connectivity index (χ4v) is 2.88. The highest BCUT2D eigenvalue weighted by molar-refractivity contribution is 5.80. The third-order valence-electron chi connectivity index (χ3n) is 4.12. The maximum atomic E-state index is 12.7. The van der Waals surface area contributed by atoms with Crippen molar-refractivity contribution in [3.05, 3.63) is 53.6 Å². The summed E-state index contributed by atoms with van der Waals surface area (Å²) >= 11 is 0. The van der Waals surface area contributed by atoms with Gasteiger partial charge >= 0.3 is 12.1 Å². The van der Waals surface area contributed by atoms with Crippen molar-refractivity contribution < 1.29 is 22.7 Å². The molecular weight excluding hydrogens is 343 g/mol. The fourth-order valence-electron chi connectivity index (χ4n) is 2.88. The molecule has 6 heteroatoms. The lowest BCUT2D eigenvalue weighted by Crippen LogP contribution is -2.16. The normalized spacial score (nSPS) is 12.9. The van der Waals surface area contributed by atoms with Crippen LogP contribution < -0.4 is 5.73 Å². The zero-order chi connectivity index (χ0) is 19.5. The molecule has 26 heavy (non-hydrogen) atoms. The molecule has 0 spiro atoms. The number of nitrogen functional groups attached to an aromatic ring is 1. The standard InChI is InChI=1S/C20H22F3NO2/c1-12(2)8-18(19(25)26-3)15-9-14(10-17(24)11-15)13-4-6-16(7-5-13)20(21,22)23/h4-7,9-12,18H,8,24H2,1-3H3. The molecule has 0 bridgehead atoms. The van der Waals surface area contributed by atoms with Crippen molar-refractivity contribution in [1.82, 2.24) is 0 Å². The molecule has 0 radical (unpaired) electrons. The first-order valence-electron chi connectivity index (χ1n) is 8.27. The molecule has 2 rings (SSSR count). The molecule has 0 aliphatic rings. The van der Waals surface area contributed by atoms with Crippen LogP contribution in [-0.4, -0.2) is 13.1 Å². The largest absolute Gasteiger partial charge is 0.469 e. The summed E-state index contributed by atoms with van der Waals surface area (Å²) in [6.45, 7) is 4.00. The Labute approximate surface area is 151 Å². The van der Waals surface area contributed by atoms with E-state index in [0.29, 0.717) is 28.8 Å². The molecule has 0 fully saturated rings. The van der Waals surface area contributed by atoms with E-state index >= 15 is 0 Å². The number of rotatable bonds is 5. The number of esters is 1. The van der Waals surface area contributed by atoms with Crippen LogP contribution in [0.15, 0.2) is 42.5 Å². The molecule has 2 N–H and O–H groups in total. The van der Waals surface area contributed by atoms with Crippen LogP contribution >= 0.6 is 0 Å². The van der Waals surface area contributed by atoms with Crippen LogP contribution in [0, 0.1) is 5.92 Å². The Kier molecular flexibility index (Phi) is 5.95. The number of anilines is 1. The zero-order valence-corrected chi connectivity index (χ0v) is 14.9. The number of halogens is 3. The minimum absolute atomic E-state index is 0.259. The smallest absolute Gasteiger partial charge is 0.416 e. The molecule has 0 amide bonds. The maximum absolute atomic E-state index is 12.7. The van der Waals surface area contributed by atoms with Gasteiger partial charge in [-0.05, 0) is 53.3 Å². The minimum atomic E-state index is -4.38. The molecule has 0 aromatic heterocycles. The lowest BCUT2D eigenvalue weighted by molar-refractivity contribution is -0.143. The van der Waals surface area contributed by atoms with Crippen molar-refractivity contribution in [3.8, 4) is 11.1 Å². The van der Waals surface area contributed by atoms with Crippen molar-refractivity contribution in [1.29, 1.82) is 0 Å². The summed E-state index contributed by atoms with van der Waals surface area (Å²) in [7, 11) is 1.33. The van der Waals surface area contributed by atoms with Gasteiger partial charge < -0.3 is 10.5 Å². The lowest BCUT2D eigenvalue weighted by Gasteiger charge is -2.19. The van der Waals surface area contributed by atoms with Crippen LogP contribution in [0.2, 0.25) is 0 Å². The van der Waals surface area contributed by atoms with Gasteiger partial charge in [-0.1, -0.05) is 32.0 Å². The van der Waals surface area contributed by atoms with Gasteiger partial charge in [-0.15, -0.1) is 0 Å². The van der Waals surface area contributed by atoms with E-state index < -0.39 is 17.7 Å². The number of methoxy groups -OCH3 is 1. The van der Waals surface area contributed by atoms with Gasteiger partial charge in [0.25, 0.3) is 0 Å². The summed E-state index contributed by atoms with van der Waals surface area (Å²) in [6, 6.07) is 10.0. The molecule has 0 saturated carbocycles. The van der Waals surface area contributed by atoms with Gasteiger partial charge in [0.15, 0.2) is 0 Å². The van der Waals surface area contributed by atoms with E-state index in [-0.39, 0.29) is 11.9 Å². The molecule has 2 aromatic carbocycles. The molecule has 1 unspecified atom stereocenters.